The van der Waals surface area contributed by atoms with Crippen molar-refractivity contribution in [1.29, 1.82) is 0 Å². The molecule has 1 fully saturated rings. The van der Waals surface area contributed by atoms with Crippen LogP contribution in [0.4, 0.5) is 0 Å². The SMILES string of the molecule is CCc1cccc2c(C(O)C3CCCCN3)c[nH]c12. The maximum absolute atomic E-state index is 10.6. The fraction of sp³-hybridized carbons (Fsp3) is 0.500. The van der Waals surface area contributed by atoms with E-state index in [1.807, 2.05) is 6.20 Å². The number of hydrogen-bond donors (Lipinski definition) is 3. The van der Waals surface area contributed by atoms with Gasteiger partial charge in [0.1, 0.15) is 0 Å². The summed E-state index contributed by atoms with van der Waals surface area (Å²) in [5, 5.41) is 15.2. The normalized spacial score (nSPS) is 21.7. The molecule has 3 N–H and O–H groups in total. The summed E-state index contributed by atoms with van der Waals surface area (Å²) in [7, 11) is 0. The number of H-pyrrole nitrogens is 1. The molecule has 0 saturated carbocycles. The van der Waals surface area contributed by atoms with Gasteiger partial charge in [-0.1, -0.05) is 31.5 Å². The summed E-state index contributed by atoms with van der Waals surface area (Å²) in [6.07, 6.45) is 6.05. The number of fused-ring (bicyclic) bond motifs is 1. The summed E-state index contributed by atoms with van der Waals surface area (Å²) in [5.74, 6) is 0. The van der Waals surface area contributed by atoms with Crippen molar-refractivity contribution in [1.82, 2.24) is 10.3 Å². The number of aliphatic hydroxyl groups excluding tert-OH is 1. The quantitative estimate of drug-likeness (QED) is 0.793. The number of para-hydroxylation sites is 1. The standard InChI is InChI=1S/C16H22N2O/c1-2-11-6-5-7-12-13(10-18-15(11)12)16(19)14-8-3-4-9-17-14/h5-7,10,14,16-19H,2-4,8-9H2,1H3. The summed E-state index contributed by atoms with van der Waals surface area (Å²) >= 11 is 0. The highest BCUT2D eigenvalue weighted by molar-refractivity contribution is 5.86. The van der Waals surface area contributed by atoms with Gasteiger partial charge in [0.2, 0.25) is 0 Å². The van der Waals surface area contributed by atoms with Crippen LogP contribution in [0.25, 0.3) is 10.9 Å². The van der Waals surface area contributed by atoms with Gasteiger partial charge < -0.3 is 15.4 Å². The summed E-state index contributed by atoms with van der Waals surface area (Å²) in [6.45, 7) is 3.18. The number of nitrogens with one attached hydrogen (secondary N) is 2. The van der Waals surface area contributed by atoms with Crippen LogP contribution in [0.15, 0.2) is 24.4 Å². The van der Waals surface area contributed by atoms with E-state index >= 15 is 0 Å². The molecule has 0 bridgehead atoms. The average Bonchev–Trinajstić information content (AvgIpc) is 2.91. The van der Waals surface area contributed by atoms with Gasteiger partial charge in [-0.25, -0.2) is 0 Å². The second-order valence-corrected chi connectivity index (χ2v) is 5.44. The number of rotatable bonds is 3. The molecule has 0 aliphatic carbocycles. The van der Waals surface area contributed by atoms with Crippen LogP contribution in [-0.2, 0) is 6.42 Å². The lowest BCUT2D eigenvalue weighted by Crippen LogP contribution is -2.38. The molecule has 3 rings (SSSR count). The first kappa shape index (κ1) is 12.7. The van der Waals surface area contributed by atoms with Crippen molar-refractivity contribution < 1.29 is 5.11 Å². The van der Waals surface area contributed by atoms with Crippen LogP contribution in [0.1, 0.15) is 43.4 Å². The van der Waals surface area contributed by atoms with E-state index < -0.39 is 6.10 Å². The van der Waals surface area contributed by atoms with Crippen molar-refractivity contribution in [2.45, 2.75) is 44.8 Å². The van der Waals surface area contributed by atoms with Gasteiger partial charge in [-0.15, -0.1) is 0 Å². The molecule has 0 amide bonds. The lowest BCUT2D eigenvalue weighted by molar-refractivity contribution is 0.115. The molecule has 0 spiro atoms. The zero-order valence-electron chi connectivity index (χ0n) is 11.4. The van der Waals surface area contributed by atoms with Gasteiger partial charge in [0.05, 0.1) is 6.10 Å². The third-order valence-electron chi connectivity index (χ3n) is 4.26. The molecule has 2 heterocycles. The Hall–Kier alpha value is -1.32. The highest BCUT2D eigenvalue weighted by Crippen LogP contribution is 2.30. The number of aromatic nitrogens is 1. The number of aryl methyl sites for hydroxylation is 1. The predicted octanol–water partition coefficient (Wildman–Crippen LogP) is 2.91. The Kier molecular flexibility index (Phi) is 3.58. The third-order valence-corrected chi connectivity index (χ3v) is 4.26. The van der Waals surface area contributed by atoms with Gasteiger partial charge in [-0.05, 0) is 31.4 Å². The number of aliphatic hydroxyl groups is 1. The Morgan fingerprint density at radius 1 is 1.37 bits per heavy atom. The zero-order valence-corrected chi connectivity index (χ0v) is 11.4. The minimum absolute atomic E-state index is 0.193. The van der Waals surface area contributed by atoms with Crippen LogP contribution in [0.3, 0.4) is 0 Å². The third kappa shape index (κ3) is 2.28. The second kappa shape index (κ2) is 5.35. The summed E-state index contributed by atoms with van der Waals surface area (Å²) in [6, 6.07) is 6.53. The number of piperidine rings is 1. The minimum Gasteiger partial charge on any atom is -0.387 e. The fourth-order valence-electron chi connectivity index (χ4n) is 3.14. The minimum atomic E-state index is -0.416. The van der Waals surface area contributed by atoms with Gasteiger partial charge in [-0.3, -0.25) is 0 Å². The molecule has 1 aromatic heterocycles. The molecule has 1 aromatic carbocycles. The molecule has 1 aliphatic heterocycles. The topological polar surface area (TPSA) is 48.0 Å². The van der Waals surface area contributed by atoms with Crippen molar-refractivity contribution in [3.05, 3.63) is 35.5 Å². The Morgan fingerprint density at radius 2 is 2.26 bits per heavy atom. The first-order valence-electron chi connectivity index (χ1n) is 7.31. The van der Waals surface area contributed by atoms with Crippen LogP contribution < -0.4 is 5.32 Å². The fourth-order valence-corrected chi connectivity index (χ4v) is 3.14. The van der Waals surface area contributed by atoms with Crippen molar-refractivity contribution in [3.63, 3.8) is 0 Å². The highest BCUT2D eigenvalue weighted by Gasteiger charge is 2.24. The van der Waals surface area contributed by atoms with Crippen molar-refractivity contribution >= 4 is 10.9 Å². The molecule has 1 saturated heterocycles. The molecule has 2 unspecified atom stereocenters. The molecule has 2 atom stereocenters. The van der Waals surface area contributed by atoms with Crippen LogP contribution >= 0.6 is 0 Å². The van der Waals surface area contributed by atoms with E-state index in [2.05, 4.69) is 35.4 Å². The molecular weight excluding hydrogens is 236 g/mol. The van der Waals surface area contributed by atoms with E-state index in [0.717, 1.165) is 24.9 Å². The van der Waals surface area contributed by atoms with E-state index in [1.54, 1.807) is 0 Å². The van der Waals surface area contributed by atoms with E-state index in [4.69, 9.17) is 0 Å². The number of benzene rings is 1. The van der Waals surface area contributed by atoms with Crippen molar-refractivity contribution in [3.8, 4) is 0 Å². The number of aromatic amines is 1. The van der Waals surface area contributed by atoms with Crippen LogP contribution in [0.2, 0.25) is 0 Å². The van der Waals surface area contributed by atoms with Gasteiger partial charge >= 0.3 is 0 Å². The largest absolute Gasteiger partial charge is 0.387 e. The van der Waals surface area contributed by atoms with Crippen LogP contribution in [0, 0.1) is 0 Å². The Bertz CT molecular complexity index is 555. The van der Waals surface area contributed by atoms with E-state index in [9.17, 15) is 5.11 Å². The predicted molar refractivity (Wildman–Crippen MR) is 78.3 cm³/mol. The summed E-state index contributed by atoms with van der Waals surface area (Å²) in [4.78, 5) is 3.34. The maximum Gasteiger partial charge on any atom is 0.0963 e. The van der Waals surface area contributed by atoms with Gasteiger partial charge in [0.25, 0.3) is 0 Å². The Balaban J connectivity index is 1.96. The molecule has 102 valence electrons. The monoisotopic (exact) mass is 258 g/mol. The first-order valence-corrected chi connectivity index (χ1v) is 7.31. The summed E-state index contributed by atoms with van der Waals surface area (Å²) < 4.78 is 0. The first-order chi connectivity index (χ1) is 9.31. The van der Waals surface area contributed by atoms with E-state index in [-0.39, 0.29) is 6.04 Å². The summed E-state index contributed by atoms with van der Waals surface area (Å²) in [5.41, 5.74) is 3.52. The van der Waals surface area contributed by atoms with Crippen LogP contribution in [-0.4, -0.2) is 22.7 Å². The van der Waals surface area contributed by atoms with Crippen molar-refractivity contribution in [2.24, 2.45) is 0 Å². The smallest absolute Gasteiger partial charge is 0.0963 e. The van der Waals surface area contributed by atoms with E-state index in [1.165, 1.54) is 29.3 Å². The van der Waals surface area contributed by atoms with Gasteiger partial charge in [0, 0.05) is 28.7 Å². The Labute approximate surface area is 114 Å². The maximum atomic E-state index is 10.6. The lowest BCUT2D eigenvalue weighted by Gasteiger charge is -2.27. The highest BCUT2D eigenvalue weighted by atomic mass is 16.3. The number of hydrogen-bond acceptors (Lipinski definition) is 2. The zero-order chi connectivity index (χ0) is 13.2. The lowest BCUT2D eigenvalue weighted by atomic mass is 9.94. The molecule has 3 heteroatoms. The average molecular weight is 258 g/mol. The van der Waals surface area contributed by atoms with Crippen LogP contribution in [0.5, 0.6) is 0 Å². The molecule has 2 aromatic rings. The van der Waals surface area contributed by atoms with Gasteiger partial charge in [0.15, 0.2) is 0 Å². The van der Waals surface area contributed by atoms with Crippen molar-refractivity contribution in [2.75, 3.05) is 6.54 Å². The van der Waals surface area contributed by atoms with Gasteiger partial charge in [-0.2, -0.15) is 0 Å². The molecular formula is C16H22N2O. The molecule has 3 nitrogen and oxygen atoms in total. The Morgan fingerprint density at radius 3 is 3.00 bits per heavy atom. The second-order valence-electron chi connectivity index (χ2n) is 5.44. The molecule has 1 aliphatic rings. The van der Waals surface area contributed by atoms with E-state index in [0.29, 0.717) is 0 Å². The molecule has 0 radical (unpaired) electrons. The molecule has 19 heavy (non-hydrogen) atoms.